The van der Waals surface area contributed by atoms with E-state index in [-0.39, 0.29) is 18.7 Å². The zero-order chi connectivity index (χ0) is 34.5. The summed E-state index contributed by atoms with van der Waals surface area (Å²) < 4.78 is 11.1. The number of hydrogen-bond acceptors (Lipinski definition) is 8. The molecule has 0 saturated carbocycles. The monoisotopic (exact) mass is 657 g/mol. The molecule has 0 aliphatic heterocycles. The minimum atomic E-state index is -1.23. The lowest BCUT2D eigenvalue weighted by Crippen LogP contribution is -2.55. The van der Waals surface area contributed by atoms with Crippen LogP contribution in [0.5, 0.6) is 5.75 Å². The summed E-state index contributed by atoms with van der Waals surface area (Å²) >= 11 is 1.52. The molecule has 2 aromatic carbocycles. The van der Waals surface area contributed by atoms with Crippen molar-refractivity contribution in [2.75, 3.05) is 18.6 Å². The Labute approximate surface area is 278 Å². The molecule has 0 bridgehead atoms. The first-order valence-corrected chi connectivity index (χ1v) is 17.1. The number of carbonyl (C=O) groups is 4. The summed E-state index contributed by atoms with van der Waals surface area (Å²) in [6, 6.07) is 12.1. The lowest BCUT2D eigenvalue weighted by molar-refractivity contribution is -0.159. The second-order valence-corrected chi connectivity index (χ2v) is 14.1. The number of phenols is 1. The number of hydrogen-bond donors (Lipinski definition) is 3. The van der Waals surface area contributed by atoms with Crippen molar-refractivity contribution in [3.05, 3.63) is 65.7 Å². The third-order valence-electron chi connectivity index (χ3n) is 6.67. The van der Waals surface area contributed by atoms with Crippen molar-refractivity contribution in [3.63, 3.8) is 0 Å². The predicted octanol–water partition coefficient (Wildman–Crippen LogP) is 5.78. The molecule has 11 heteroatoms. The molecule has 0 aliphatic rings. The van der Waals surface area contributed by atoms with Crippen LogP contribution in [0.2, 0.25) is 0 Å². The van der Waals surface area contributed by atoms with Crippen molar-refractivity contribution < 1.29 is 33.8 Å². The summed E-state index contributed by atoms with van der Waals surface area (Å²) in [5, 5.41) is 16.0. The van der Waals surface area contributed by atoms with Crippen LogP contribution >= 0.6 is 11.8 Å². The van der Waals surface area contributed by atoms with E-state index in [0.29, 0.717) is 24.2 Å². The first-order chi connectivity index (χ1) is 21.5. The number of unbranched alkanes of at least 4 members (excludes halogenated alkanes) is 1. The summed E-state index contributed by atoms with van der Waals surface area (Å²) in [5.74, 6) is -1.24. The summed E-state index contributed by atoms with van der Waals surface area (Å²) in [6.45, 7) is 12.6. The van der Waals surface area contributed by atoms with Gasteiger partial charge in [0.15, 0.2) is 0 Å². The normalized spacial score (nSPS) is 13.6. The number of phenolic OH excluding ortho intramolecular Hbond substituents is 1. The number of amides is 3. The predicted molar refractivity (Wildman–Crippen MR) is 182 cm³/mol. The molecule has 0 aromatic heterocycles. The molecule has 0 aliphatic carbocycles. The molecule has 0 fully saturated rings. The number of nitrogens with zero attached hydrogens (tertiary/aromatic N) is 1. The number of thioether (sulfide) groups is 1. The van der Waals surface area contributed by atoms with Gasteiger partial charge < -0.3 is 30.1 Å². The third-order valence-corrected chi connectivity index (χ3v) is 7.32. The van der Waals surface area contributed by atoms with E-state index in [1.54, 1.807) is 53.7 Å². The molecule has 0 saturated heterocycles. The van der Waals surface area contributed by atoms with E-state index in [1.807, 2.05) is 43.5 Å². The van der Waals surface area contributed by atoms with E-state index in [4.69, 9.17) is 9.47 Å². The summed E-state index contributed by atoms with van der Waals surface area (Å²) in [7, 11) is 0. The molecule has 0 radical (unpaired) electrons. The molecule has 3 amide bonds. The van der Waals surface area contributed by atoms with Crippen molar-refractivity contribution >= 4 is 35.6 Å². The van der Waals surface area contributed by atoms with Gasteiger partial charge in [-0.15, -0.1) is 0 Å². The smallest absolute Gasteiger partial charge is 0.408 e. The zero-order valence-corrected chi connectivity index (χ0v) is 29.2. The van der Waals surface area contributed by atoms with Gasteiger partial charge in [-0.2, -0.15) is 11.8 Å². The Morgan fingerprint density at radius 2 is 1.54 bits per heavy atom. The van der Waals surface area contributed by atoms with Gasteiger partial charge in [0, 0.05) is 13.0 Å². The molecule has 0 spiro atoms. The number of benzene rings is 2. The average molecular weight is 658 g/mol. The highest BCUT2D eigenvalue weighted by Gasteiger charge is 2.38. The van der Waals surface area contributed by atoms with E-state index in [2.05, 4.69) is 10.6 Å². The van der Waals surface area contributed by atoms with Crippen LogP contribution in [0, 0.1) is 0 Å². The van der Waals surface area contributed by atoms with Gasteiger partial charge in [0.25, 0.3) is 0 Å². The van der Waals surface area contributed by atoms with Crippen LogP contribution in [0.4, 0.5) is 4.79 Å². The van der Waals surface area contributed by atoms with Crippen LogP contribution in [-0.4, -0.2) is 75.7 Å². The van der Waals surface area contributed by atoms with Crippen molar-refractivity contribution in [1.29, 1.82) is 0 Å². The highest BCUT2D eigenvalue weighted by molar-refractivity contribution is 7.98. The number of ether oxygens (including phenoxy) is 2. The van der Waals surface area contributed by atoms with Gasteiger partial charge in [0.05, 0.1) is 0 Å². The van der Waals surface area contributed by atoms with E-state index in [0.717, 1.165) is 12.0 Å². The number of nitrogens with one attached hydrogen (secondary N) is 2. The topological polar surface area (TPSA) is 134 Å². The van der Waals surface area contributed by atoms with E-state index in [9.17, 15) is 24.3 Å². The van der Waals surface area contributed by atoms with Crippen molar-refractivity contribution in [2.24, 2.45) is 0 Å². The molecule has 254 valence electrons. The standard InChI is InChI=1S/C35H51N3O7S/c1-9-10-20-38(31(41)27(19-21-46-8)37-33(43)45-35(5,6)7)29(25-17-14-18-26(39)23-25)30(40)36-28(32(42)44-34(2,3)4)22-24-15-12-11-13-16-24/h11-18,23,27-29,39H,9-10,19-22H2,1-8H3,(H,36,40)(H,37,43). The maximum atomic E-state index is 14.4. The summed E-state index contributed by atoms with van der Waals surface area (Å²) in [4.78, 5) is 56.4. The second-order valence-electron chi connectivity index (χ2n) is 13.1. The minimum Gasteiger partial charge on any atom is -0.508 e. The fourth-order valence-corrected chi connectivity index (χ4v) is 5.14. The molecule has 3 atom stereocenters. The molecule has 3 unspecified atom stereocenters. The number of esters is 1. The average Bonchev–Trinajstić information content (AvgIpc) is 2.95. The molecular weight excluding hydrogens is 606 g/mol. The molecule has 10 nitrogen and oxygen atoms in total. The van der Waals surface area contributed by atoms with Crippen LogP contribution in [-0.2, 0) is 30.3 Å². The van der Waals surface area contributed by atoms with Gasteiger partial charge in [0.2, 0.25) is 11.8 Å². The Balaban J connectivity index is 2.59. The van der Waals surface area contributed by atoms with Crippen LogP contribution in [0.25, 0.3) is 0 Å². The quantitative estimate of drug-likeness (QED) is 0.205. The van der Waals surface area contributed by atoms with Crippen LogP contribution in [0.1, 0.15) is 84.9 Å². The lowest BCUT2D eigenvalue weighted by Gasteiger charge is -2.35. The fraction of sp³-hybridized carbons (Fsp3) is 0.543. The molecule has 3 N–H and O–H groups in total. The summed E-state index contributed by atoms with van der Waals surface area (Å²) in [5.41, 5.74) is -0.420. The Kier molecular flexibility index (Phi) is 14.9. The minimum absolute atomic E-state index is 0.0861. The van der Waals surface area contributed by atoms with Gasteiger partial charge in [-0.05, 0) is 89.7 Å². The van der Waals surface area contributed by atoms with Crippen LogP contribution < -0.4 is 10.6 Å². The second kappa shape index (κ2) is 17.8. The van der Waals surface area contributed by atoms with Crippen molar-refractivity contribution in [3.8, 4) is 5.75 Å². The fourth-order valence-electron chi connectivity index (χ4n) is 4.67. The molecular formula is C35H51N3O7S. The Morgan fingerprint density at radius 3 is 2.11 bits per heavy atom. The zero-order valence-electron chi connectivity index (χ0n) is 28.4. The number of aromatic hydroxyl groups is 1. The van der Waals surface area contributed by atoms with Crippen molar-refractivity contribution in [1.82, 2.24) is 15.5 Å². The summed E-state index contributed by atoms with van der Waals surface area (Å²) in [6.07, 6.45) is 2.90. The van der Waals surface area contributed by atoms with E-state index >= 15 is 0 Å². The Bertz CT molecular complexity index is 1290. The maximum absolute atomic E-state index is 14.4. The van der Waals surface area contributed by atoms with Gasteiger partial charge >= 0.3 is 12.1 Å². The molecule has 2 aromatic rings. The van der Waals surface area contributed by atoms with Crippen LogP contribution in [0.3, 0.4) is 0 Å². The molecule has 0 heterocycles. The Hall–Kier alpha value is -3.73. The van der Waals surface area contributed by atoms with Gasteiger partial charge in [-0.1, -0.05) is 55.8 Å². The SMILES string of the molecule is CCCCN(C(=O)C(CCSC)NC(=O)OC(C)(C)C)C(C(=O)NC(Cc1ccccc1)C(=O)OC(C)(C)C)c1cccc(O)c1. The van der Waals surface area contributed by atoms with Gasteiger partial charge in [0.1, 0.15) is 35.1 Å². The number of rotatable bonds is 15. The van der Waals surface area contributed by atoms with Gasteiger partial charge in [-0.25, -0.2) is 9.59 Å². The number of carbonyl (C=O) groups excluding carboxylic acids is 4. The highest BCUT2D eigenvalue weighted by atomic mass is 32.2. The third kappa shape index (κ3) is 13.3. The van der Waals surface area contributed by atoms with Gasteiger partial charge in [-0.3, -0.25) is 9.59 Å². The highest BCUT2D eigenvalue weighted by Crippen LogP contribution is 2.27. The Morgan fingerprint density at radius 1 is 0.891 bits per heavy atom. The number of alkyl carbamates (subject to hydrolysis) is 1. The lowest BCUT2D eigenvalue weighted by atomic mass is 10.00. The van der Waals surface area contributed by atoms with Crippen LogP contribution in [0.15, 0.2) is 54.6 Å². The maximum Gasteiger partial charge on any atom is 0.408 e. The molecule has 2 rings (SSSR count). The van der Waals surface area contributed by atoms with E-state index < -0.39 is 53.2 Å². The first-order valence-electron chi connectivity index (χ1n) is 15.7. The largest absolute Gasteiger partial charge is 0.508 e. The molecule has 46 heavy (non-hydrogen) atoms. The van der Waals surface area contributed by atoms with E-state index in [1.165, 1.54) is 28.8 Å². The first kappa shape index (κ1) is 38.5. The van der Waals surface area contributed by atoms with Crippen molar-refractivity contribution in [2.45, 2.75) is 103 Å².